The quantitative estimate of drug-likeness (QED) is 0.667. The number of hydrogen-bond donors (Lipinski definition) is 1. The Morgan fingerprint density at radius 2 is 1.89 bits per heavy atom. The maximum atomic E-state index is 13.0. The van der Waals surface area contributed by atoms with Crippen molar-refractivity contribution >= 4 is 17.7 Å². The molecule has 140 valence electrons. The molecule has 0 aliphatic heterocycles. The topological polar surface area (TPSA) is 73.8 Å². The molecule has 0 saturated heterocycles. The highest BCUT2D eigenvalue weighted by molar-refractivity contribution is 7.98. The van der Waals surface area contributed by atoms with E-state index in [9.17, 15) is 18.0 Å². The lowest BCUT2D eigenvalue weighted by molar-refractivity contribution is -0.137. The Bertz CT molecular complexity index is 985. The molecule has 0 radical (unpaired) electrons. The molecule has 0 fully saturated rings. The monoisotopic (exact) mass is 392 g/mol. The summed E-state index contributed by atoms with van der Waals surface area (Å²) in [5.74, 6) is 0.290. The molecule has 0 unspecified atom stereocenters. The molecule has 2 aromatic carbocycles. The predicted molar refractivity (Wildman–Crippen MR) is 95.6 cm³/mol. The summed E-state index contributed by atoms with van der Waals surface area (Å²) >= 11 is 1.26. The second-order valence-electron chi connectivity index (χ2n) is 5.72. The van der Waals surface area contributed by atoms with Crippen molar-refractivity contribution < 1.29 is 18.0 Å². The molecular formula is C18H15F3N4OS. The first kappa shape index (κ1) is 19.0. The van der Waals surface area contributed by atoms with Gasteiger partial charge in [-0.25, -0.2) is 0 Å². The summed E-state index contributed by atoms with van der Waals surface area (Å²) in [6.07, 6.45) is -4.44. The molecule has 3 aromatic rings. The second-order valence-corrected chi connectivity index (χ2v) is 6.67. The fourth-order valence-electron chi connectivity index (χ4n) is 2.58. The van der Waals surface area contributed by atoms with Crippen molar-refractivity contribution in [2.75, 3.05) is 0 Å². The van der Waals surface area contributed by atoms with Gasteiger partial charge >= 0.3 is 6.18 Å². The van der Waals surface area contributed by atoms with E-state index in [0.29, 0.717) is 33.5 Å². The van der Waals surface area contributed by atoms with Crippen LogP contribution in [0.1, 0.15) is 27.3 Å². The van der Waals surface area contributed by atoms with Gasteiger partial charge in [0.2, 0.25) is 5.91 Å². The summed E-state index contributed by atoms with van der Waals surface area (Å²) in [6, 6.07) is 11.9. The lowest BCUT2D eigenvalue weighted by Gasteiger charge is -2.12. The molecule has 0 aliphatic rings. The molecular weight excluding hydrogens is 377 g/mol. The predicted octanol–water partition coefficient (Wildman–Crippen LogP) is 3.99. The van der Waals surface area contributed by atoms with Crippen molar-refractivity contribution in [1.82, 2.24) is 14.8 Å². The molecule has 0 atom stereocenters. The van der Waals surface area contributed by atoms with E-state index in [1.807, 2.05) is 0 Å². The van der Waals surface area contributed by atoms with E-state index in [1.165, 1.54) is 17.8 Å². The van der Waals surface area contributed by atoms with Crippen LogP contribution in [-0.2, 0) is 11.9 Å². The Hall–Kier alpha value is -2.81. The highest BCUT2D eigenvalue weighted by Crippen LogP contribution is 2.32. The molecule has 1 amide bonds. The Labute approximate surface area is 157 Å². The van der Waals surface area contributed by atoms with Crippen LogP contribution in [0.2, 0.25) is 0 Å². The number of primary amides is 1. The fourth-order valence-corrected chi connectivity index (χ4v) is 3.59. The van der Waals surface area contributed by atoms with Gasteiger partial charge in [0.1, 0.15) is 5.82 Å². The minimum atomic E-state index is -4.44. The minimum absolute atomic E-state index is 0.318. The van der Waals surface area contributed by atoms with Crippen LogP contribution in [0.25, 0.3) is 5.69 Å². The number of carbonyl (C=O) groups excluding carboxylic acids is 1. The molecule has 5 nitrogen and oxygen atoms in total. The zero-order chi connectivity index (χ0) is 19.6. The van der Waals surface area contributed by atoms with E-state index in [1.54, 1.807) is 41.8 Å². The Morgan fingerprint density at radius 3 is 2.59 bits per heavy atom. The molecule has 0 bridgehead atoms. The van der Waals surface area contributed by atoms with Gasteiger partial charge < -0.3 is 5.73 Å². The number of hydrogen-bond acceptors (Lipinski definition) is 4. The van der Waals surface area contributed by atoms with Crippen molar-refractivity contribution in [2.24, 2.45) is 5.73 Å². The third-order valence-corrected chi connectivity index (χ3v) is 4.84. The number of aromatic nitrogens is 3. The summed E-state index contributed by atoms with van der Waals surface area (Å²) < 4.78 is 40.6. The standard InChI is InChI=1S/C18H15F3N4OS/c1-11-23-24-17(27-10-12-5-2-3-8-15(12)16(22)26)25(11)14-7-4-6-13(9-14)18(19,20)21/h2-9H,10H2,1H3,(H2,22,26). The summed E-state index contributed by atoms with van der Waals surface area (Å²) in [4.78, 5) is 11.5. The van der Waals surface area contributed by atoms with Crippen LogP contribution in [0.5, 0.6) is 0 Å². The van der Waals surface area contributed by atoms with Crippen LogP contribution in [0.15, 0.2) is 53.7 Å². The van der Waals surface area contributed by atoms with Crippen molar-refractivity contribution in [2.45, 2.75) is 24.0 Å². The number of thioether (sulfide) groups is 1. The van der Waals surface area contributed by atoms with Gasteiger partial charge in [0.25, 0.3) is 0 Å². The zero-order valence-electron chi connectivity index (χ0n) is 14.2. The Kier molecular flexibility index (Phi) is 5.22. The Morgan fingerprint density at radius 1 is 1.15 bits per heavy atom. The Balaban J connectivity index is 1.92. The molecule has 1 heterocycles. The SMILES string of the molecule is Cc1nnc(SCc2ccccc2C(N)=O)n1-c1cccc(C(F)(F)F)c1. The molecule has 0 spiro atoms. The highest BCUT2D eigenvalue weighted by atomic mass is 32.2. The molecule has 27 heavy (non-hydrogen) atoms. The van der Waals surface area contributed by atoms with E-state index < -0.39 is 17.6 Å². The van der Waals surface area contributed by atoms with Gasteiger partial charge in [0, 0.05) is 17.0 Å². The highest BCUT2D eigenvalue weighted by Gasteiger charge is 2.30. The third-order valence-electron chi connectivity index (χ3n) is 3.87. The van der Waals surface area contributed by atoms with E-state index in [0.717, 1.165) is 12.1 Å². The van der Waals surface area contributed by atoms with Gasteiger partial charge in [0.15, 0.2) is 5.16 Å². The van der Waals surface area contributed by atoms with Crippen LogP contribution < -0.4 is 5.73 Å². The number of carbonyl (C=O) groups is 1. The lowest BCUT2D eigenvalue weighted by atomic mass is 10.1. The number of halogens is 3. The van der Waals surface area contributed by atoms with Gasteiger partial charge in [-0.05, 0) is 36.8 Å². The average molecular weight is 392 g/mol. The number of nitrogens with zero attached hydrogens (tertiary/aromatic N) is 3. The summed E-state index contributed by atoms with van der Waals surface area (Å²) in [6.45, 7) is 1.66. The van der Waals surface area contributed by atoms with Crippen LogP contribution >= 0.6 is 11.8 Å². The third kappa shape index (κ3) is 4.13. The minimum Gasteiger partial charge on any atom is -0.366 e. The van der Waals surface area contributed by atoms with Gasteiger partial charge in [-0.2, -0.15) is 13.2 Å². The molecule has 9 heteroatoms. The summed E-state index contributed by atoms with van der Waals surface area (Å²) in [5, 5.41) is 8.45. The first-order chi connectivity index (χ1) is 12.8. The normalized spacial score (nSPS) is 11.6. The van der Waals surface area contributed by atoms with Crippen molar-refractivity contribution in [3.63, 3.8) is 0 Å². The number of rotatable bonds is 5. The maximum Gasteiger partial charge on any atom is 0.416 e. The molecule has 3 rings (SSSR count). The van der Waals surface area contributed by atoms with Crippen LogP contribution in [0, 0.1) is 6.92 Å². The number of alkyl halides is 3. The van der Waals surface area contributed by atoms with Crippen molar-refractivity contribution in [1.29, 1.82) is 0 Å². The average Bonchev–Trinajstić information content (AvgIpc) is 3.00. The van der Waals surface area contributed by atoms with Crippen molar-refractivity contribution in [3.8, 4) is 5.69 Å². The van der Waals surface area contributed by atoms with Crippen LogP contribution in [-0.4, -0.2) is 20.7 Å². The number of benzene rings is 2. The van der Waals surface area contributed by atoms with E-state index >= 15 is 0 Å². The van der Waals surface area contributed by atoms with Crippen LogP contribution in [0.4, 0.5) is 13.2 Å². The fraction of sp³-hybridized carbons (Fsp3) is 0.167. The van der Waals surface area contributed by atoms with Gasteiger partial charge in [0.05, 0.1) is 5.56 Å². The van der Waals surface area contributed by atoms with Crippen LogP contribution in [0.3, 0.4) is 0 Å². The number of nitrogens with two attached hydrogens (primary N) is 1. The number of amides is 1. The maximum absolute atomic E-state index is 13.0. The molecule has 1 aromatic heterocycles. The van der Waals surface area contributed by atoms with E-state index in [-0.39, 0.29) is 0 Å². The summed E-state index contributed by atoms with van der Waals surface area (Å²) in [7, 11) is 0. The van der Waals surface area contributed by atoms with Gasteiger partial charge in [-0.1, -0.05) is 36.0 Å². The van der Waals surface area contributed by atoms with Gasteiger partial charge in [-0.15, -0.1) is 10.2 Å². The van der Waals surface area contributed by atoms with Gasteiger partial charge in [-0.3, -0.25) is 9.36 Å². The second kappa shape index (κ2) is 7.43. The largest absolute Gasteiger partial charge is 0.416 e. The number of aryl methyl sites for hydroxylation is 1. The first-order valence-electron chi connectivity index (χ1n) is 7.87. The summed E-state index contributed by atoms with van der Waals surface area (Å²) in [5.41, 5.74) is 6.06. The van der Waals surface area contributed by atoms with E-state index in [2.05, 4.69) is 10.2 Å². The zero-order valence-corrected chi connectivity index (χ0v) is 15.0. The first-order valence-corrected chi connectivity index (χ1v) is 8.86. The van der Waals surface area contributed by atoms with E-state index in [4.69, 9.17) is 5.73 Å². The smallest absolute Gasteiger partial charge is 0.366 e. The molecule has 0 aliphatic carbocycles. The molecule has 0 saturated carbocycles. The lowest BCUT2D eigenvalue weighted by Crippen LogP contribution is -2.13. The molecule has 2 N–H and O–H groups in total. The van der Waals surface area contributed by atoms with Crippen molar-refractivity contribution in [3.05, 3.63) is 71.0 Å².